The summed E-state index contributed by atoms with van der Waals surface area (Å²) in [4.78, 5) is 13.6. The molecule has 3 saturated carbocycles. The number of halogens is 3. The van der Waals surface area contributed by atoms with Crippen LogP contribution in [0.3, 0.4) is 0 Å². The maximum atomic E-state index is 13.8. The van der Waals surface area contributed by atoms with E-state index in [9.17, 15) is 13.6 Å². The number of nitrogens with zero attached hydrogens (tertiary/aromatic N) is 4. The van der Waals surface area contributed by atoms with E-state index < -0.39 is 17.7 Å². The molecule has 170 valence electrons. The van der Waals surface area contributed by atoms with E-state index in [0.717, 1.165) is 36.2 Å². The number of hydrogen-bond acceptors (Lipinski definition) is 3. The van der Waals surface area contributed by atoms with Gasteiger partial charge in [-0.25, -0.2) is 13.8 Å². The summed E-state index contributed by atoms with van der Waals surface area (Å²) in [5.74, 6) is -0.292. The fraction of sp³-hybridized carbons (Fsp3) is 0.400. The van der Waals surface area contributed by atoms with Gasteiger partial charge in [-0.1, -0.05) is 23.7 Å². The molecule has 0 N–H and O–H groups in total. The normalized spacial score (nSPS) is 28.3. The average Bonchev–Trinajstić information content (AvgIpc) is 3.37. The highest BCUT2D eigenvalue weighted by Gasteiger charge is 2.50. The molecule has 3 aromatic rings. The number of hydrazone groups is 1. The first kappa shape index (κ1) is 20.8. The van der Waals surface area contributed by atoms with Gasteiger partial charge >= 0.3 is 0 Å². The summed E-state index contributed by atoms with van der Waals surface area (Å²) < 4.78 is 29.5. The van der Waals surface area contributed by atoms with Crippen LogP contribution in [0, 0.1) is 35.3 Å². The maximum absolute atomic E-state index is 13.8. The monoisotopic (exact) mass is 468 g/mol. The zero-order valence-corrected chi connectivity index (χ0v) is 18.6. The lowest BCUT2D eigenvalue weighted by Gasteiger charge is -2.51. The van der Waals surface area contributed by atoms with Crippen molar-refractivity contribution in [3.8, 4) is 0 Å². The second kappa shape index (κ2) is 7.90. The lowest BCUT2D eigenvalue weighted by Crippen LogP contribution is -2.49. The minimum absolute atomic E-state index is 0.0525. The number of hydrogen-bond donors (Lipinski definition) is 0. The summed E-state index contributed by atoms with van der Waals surface area (Å²) in [6, 6.07) is 10.8. The molecule has 0 radical (unpaired) electrons. The molecule has 2 heterocycles. The van der Waals surface area contributed by atoms with Crippen LogP contribution in [0.5, 0.6) is 0 Å². The Morgan fingerprint density at radius 2 is 1.82 bits per heavy atom. The van der Waals surface area contributed by atoms with Crippen molar-refractivity contribution in [2.75, 3.05) is 0 Å². The largest absolute Gasteiger partial charge is 0.273 e. The van der Waals surface area contributed by atoms with Crippen molar-refractivity contribution < 1.29 is 13.6 Å². The predicted molar refractivity (Wildman–Crippen MR) is 122 cm³/mol. The Bertz CT molecular complexity index is 1250. The quantitative estimate of drug-likeness (QED) is 0.501. The summed E-state index contributed by atoms with van der Waals surface area (Å²) in [5, 5.41) is 12.0. The molecule has 8 heteroatoms. The third kappa shape index (κ3) is 3.53. The van der Waals surface area contributed by atoms with Crippen LogP contribution in [-0.4, -0.2) is 26.9 Å². The fourth-order valence-electron chi connectivity index (χ4n) is 5.89. The highest BCUT2D eigenvalue weighted by molar-refractivity contribution is 6.34. The van der Waals surface area contributed by atoms with Gasteiger partial charge in [-0.2, -0.15) is 10.2 Å². The van der Waals surface area contributed by atoms with E-state index in [2.05, 4.69) is 10.2 Å². The molecule has 5 nitrogen and oxygen atoms in total. The molecular weight excluding hydrogens is 446 g/mol. The van der Waals surface area contributed by atoms with E-state index in [4.69, 9.17) is 11.6 Å². The van der Waals surface area contributed by atoms with E-state index in [1.165, 1.54) is 17.1 Å². The zero-order chi connectivity index (χ0) is 22.7. The van der Waals surface area contributed by atoms with Crippen molar-refractivity contribution in [2.45, 2.75) is 38.3 Å². The molecule has 0 spiro atoms. The molecule has 3 fully saturated rings. The Labute approximate surface area is 195 Å². The van der Waals surface area contributed by atoms with E-state index in [1.54, 1.807) is 6.21 Å². The van der Waals surface area contributed by atoms with Crippen molar-refractivity contribution in [2.24, 2.45) is 28.8 Å². The molecular formula is C25H23ClF2N4O. The van der Waals surface area contributed by atoms with Gasteiger partial charge in [0.15, 0.2) is 0 Å². The van der Waals surface area contributed by atoms with E-state index in [0.29, 0.717) is 41.4 Å². The van der Waals surface area contributed by atoms with Crippen LogP contribution < -0.4 is 0 Å². The van der Waals surface area contributed by atoms with Gasteiger partial charge in [0, 0.05) is 36.6 Å². The molecule has 3 aliphatic carbocycles. The van der Waals surface area contributed by atoms with E-state index >= 15 is 0 Å². The molecule has 1 amide bonds. The molecule has 1 unspecified atom stereocenters. The molecule has 1 aliphatic heterocycles. The van der Waals surface area contributed by atoms with Crippen LogP contribution in [0.15, 0.2) is 47.6 Å². The summed E-state index contributed by atoms with van der Waals surface area (Å²) in [6.07, 6.45) is 4.88. The molecule has 33 heavy (non-hydrogen) atoms. The molecule has 1 aromatic heterocycles. The van der Waals surface area contributed by atoms with Crippen molar-refractivity contribution in [3.05, 3.63) is 64.8 Å². The van der Waals surface area contributed by atoms with E-state index in [1.807, 2.05) is 28.9 Å². The second-order valence-corrected chi connectivity index (χ2v) is 9.88. The van der Waals surface area contributed by atoms with Crippen molar-refractivity contribution in [3.63, 3.8) is 0 Å². The number of aromatic nitrogens is 2. The number of rotatable bonds is 4. The number of amides is 1. The summed E-state index contributed by atoms with van der Waals surface area (Å²) in [6.45, 7) is 0.677. The second-order valence-electron chi connectivity index (χ2n) is 9.52. The highest BCUT2D eigenvalue weighted by atomic mass is 35.5. The molecule has 2 bridgehead atoms. The number of carbonyl (C=O) groups excluding carboxylic acids is 1. The van der Waals surface area contributed by atoms with Crippen LogP contribution in [-0.2, 0) is 11.3 Å². The van der Waals surface area contributed by atoms with Gasteiger partial charge in [0.25, 0.3) is 0 Å². The number of benzene rings is 2. The highest BCUT2D eigenvalue weighted by Crippen LogP contribution is 2.53. The van der Waals surface area contributed by atoms with Gasteiger partial charge in [-0.15, -0.1) is 0 Å². The number of fused-ring (bicyclic) bond motifs is 3. The third-order valence-corrected chi connectivity index (χ3v) is 8.03. The Kier molecular flexibility index (Phi) is 4.98. The summed E-state index contributed by atoms with van der Waals surface area (Å²) >= 11 is 6.60. The van der Waals surface area contributed by atoms with Crippen molar-refractivity contribution in [1.82, 2.24) is 14.8 Å². The Morgan fingerprint density at radius 3 is 2.58 bits per heavy atom. The maximum Gasteiger partial charge on any atom is 0.246 e. The Balaban J connectivity index is 1.22. The van der Waals surface area contributed by atoms with Crippen molar-refractivity contribution in [1.29, 1.82) is 0 Å². The van der Waals surface area contributed by atoms with Crippen LogP contribution in [0.4, 0.5) is 8.78 Å². The standard InChI is InChI=1S/C25H23ClF2N4O/c26-24-20-3-1-2-4-22(20)30-31(24)13-17-11-21(15-7-14(17)8-15)25(33)32-23(5-6-29-32)16-9-18(27)12-19(28)10-16/h1-4,6,9-10,12,14-15,17,21,23H,5,7-8,11,13H2/t14?,15?,17-,21-,23?/m0/s1. The Morgan fingerprint density at radius 1 is 1.06 bits per heavy atom. The first-order valence-corrected chi connectivity index (χ1v) is 11.8. The zero-order valence-electron chi connectivity index (χ0n) is 17.9. The SMILES string of the molecule is O=C([C@H]1C[C@@H](Cn2nc3ccccc3c2Cl)C2CC1C2)N1N=CCC1c1cc(F)cc(F)c1. The smallest absolute Gasteiger partial charge is 0.246 e. The lowest BCUT2D eigenvalue weighted by atomic mass is 9.55. The van der Waals surface area contributed by atoms with Crippen LogP contribution >= 0.6 is 11.6 Å². The molecule has 3 atom stereocenters. The third-order valence-electron chi connectivity index (χ3n) is 7.63. The average molecular weight is 469 g/mol. The first-order chi connectivity index (χ1) is 16.0. The number of carbonyl (C=O) groups is 1. The summed E-state index contributed by atoms with van der Waals surface area (Å²) in [7, 11) is 0. The van der Waals surface area contributed by atoms with Crippen LogP contribution in [0.25, 0.3) is 10.9 Å². The molecule has 2 aromatic carbocycles. The summed E-state index contributed by atoms with van der Waals surface area (Å²) in [5.41, 5.74) is 1.31. The molecule has 7 rings (SSSR count). The van der Waals surface area contributed by atoms with Gasteiger partial charge in [0.05, 0.1) is 11.6 Å². The predicted octanol–water partition coefficient (Wildman–Crippen LogP) is 5.59. The lowest BCUT2D eigenvalue weighted by molar-refractivity contribution is -0.147. The minimum Gasteiger partial charge on any atom is -0.273 e. The molecule has 4 aliphatic rings. The van der Waals surface area contributed by atoms with Gasteiger partial charge < -0.3 is 0 Å². The van der Waals surface area contributed by atoms with Gasteiger partial charge in [-0.3, -0.25) is 9.48 Å². The Hall–Kier alpha value is -2.80. The van der Waals surface area contributed by atoms with Crippen LogP contribution in [0.1, 0.15) is 37.3 Å². The van der Waals surface area contributed by atoms with Gasteiger partial charge in [0.2, 0.25) is 5.91 Å². The van der Waals surface area contributed by atoms with Crippen LogP contribution in [0.2, 0.25) is 5.15 Å². The first-order valence-electron chi connectivity index (χ1n) is 11.4. The van der Waals surface area contributed by atoms with Gasteiger partial charge in [0.1, 0.15) is 16.8 Å². The van der Waals surface area contributed by atoms with Crippen molar-refractivity contribution >= 4 is 34.6 Å². The molecule has 0 saturated heterocycles. The fourth-order valence-corrected chi connectivity index (χ4v) is 6.16. The van der Waals surface area contributed by atoms with E-state index in [-0.39, 0.29) is 11.8 Å². The van der Waals surface area contributed by atoms with Gasteiger partial charge in [-0.05, 0) is 66.8 Å². The topological polar surface area (TPSA) is 50.5 Å². The minimum atomic E-state index is -0.646.